The number of aromatic amines is 1. The van der Waals surface area contributed by atoms with Crippen LogP contribution in [0.2, 0.25) is 0 Å². The fourth-order valence-electron chi connectivity index (χ4n) is 7.41. The number of carbonyl (C=O) groups excluding carboxylic acids is 3. The van der Waals surface area contributed by atoms with Gasteiger partial charge in [0.15, 0.2) is 5.82 Å². The van der Waals surface area contributed by atoms with Crippen molar-refractivity contribution in [2.75, 3.05) is 38.6 Å². The van der Waals surface area contributed by atoms with E-state index in [0.29, 0.717) is 79.1 Å². The molecule has 2 N–H and O–H groups in total. The van der Waals surface area contributed by atoms with Gasteiger partial charge in [-0.25, -0.2) is 14.2 Å². The number of piperidine rings is 1. The summed E-state index contributed by atoms with van der Waals surface area (Å²) < 4.78 is 29.8. The summed E-state index contributed by atoms with van der Waals surface area (Å²) in [5.74, 6) is 0.208. The number of amides is 3. The van der Waals surface area contributed by atoms with Gasteiger partial charge in [-0.1, -0.05) is 29.5 Å². The van der Waals surface area contributed by atoms with Crippen LogP contribution in [0, 0.1) is 5.82 Å². The van der Waals surface area contributed by atoms with Crippen molar-refractivity contribution < 1.29 is 28.2 Å². The Balaban J connectivity index is 1.11. The first-order valence-electron chi connectivity index (χ1n) is 16.9. The van der Waals surface area contributed by atoms with Crippen LogP contribution in [-0.4, -0.2) is 86.0 Å². The summed E-state index contributed by atoms with van der Waals surface area (Å²) in [7, 11) is 1.58. The van der Waals surface area contributed by atoms with E-state index in [1.54, 1.807) is 58.4 Å². The number of nitrogens with zero attached hydrogens (tertiary/aromatic N) is 6. The summed E-state index contributed by atoms with van der Waals surface area (Å²) in [6, 6.07) is 14.6. The van der Waals surface area contributed by atoms with Gasteiger partial charge in [-0.2, -0.15) is 0 Å². The number of aromatic nitrogens is 5. The van der Waals surface area contributed by atoms with Crippen LogP contribution in [0.4, 0.5) is 15.0 Å². The minimum absolute atomic E-state index is 0.0578. The van der Waals surface area contributed by atoms with Gasteiger partial charge in [0.1, 0.15) is 22.9 Å². The molecule has 0 aliphatic carbocycles. The highest BCUT2D eigenvalue weighted by molar-refractivity contribution is 6.05. The molecule has 1 fully saturated rings. The maximum atomic E-state index is 16.7. The summed E-state index contributed by atoms with van der Waals surface area (Å²) in [6.45, 7) is 1.80. The number of benzene rings is 2. The first kappa shape index (κ1) is 32.2. The predicted octanol–water partition coefficient (Wildman–Crippen LogP) is 5.37. The Morgan fingerprint density at radius 1 is 1.02 bits per heavy atom. The summed E-state index contributed by atoms with van der Waals surface area (Å²) in [4.78, 5) is 50.5. The maximum Gasteiger partial charge on any atom is 0.413 e. The number of likely N-dealkylation sites (tertiary alicyclic amines) is 1. The van der Waals surface area contributed by atoms with Gasteiger partial charge in [0.05, 0.1) is 25.4 Å². The Kier molecular flexibility index (Phi) is 8.21. The average molecular weight is 691 g/mol. The number of fused-ring (bicyclic) bond motifs is 3. The van der Waals surface area contributed by atoms with Crippen LogP contribution in [0.3, 0.4) is 0 Å². The highest BCUT2D eigenvalue weighted by atomic mass is 19.1. The van der Waals surface area contributed by atoms with Crippen LogP contribution in [-0.2, 0) is 21.7 Å². The third-order valence-electron chi connectivity index (χ3n) is 10.0. The molecule has 3 aromatic heterocycles. The predicted molar refractivity (Wildman–Crippen MR) is 185 cm³/mol. The van der Waals surface area contributed by atoms with Crippen LogP contribution >= 0.6 is 0 Å². The van der Waals surface area contributed by atoms with Gasteiger partial charge in [0.25, 0.3) is 5.91 Å². The van der Waals surface area contributed by atoms with Crippen LogP contribution in [0.15, 0.2) is 73.2 Å². The molecule has 51 heavy (non-hydrogen) atoms. The quantitative estimate of drug-likeness (QED) is 0.232. The first-order chi connectivity index (χ1) is 24.8. The average Bonchev–Trinajstić information content (AvgIpc) is 3.86. The molecule has 3 amide bonds. The van der Waals surface area contributed by atoms with E-state index in [4.69, 9.17) is 9.47 Å². The summed E-state index contributed by atoms with van der Waals surface area (Å²) in [5, 5.41) is 10.9. The van der Waals surface area contributed by atoms with E-state index in [2.05, 4.69) is 25.6 Å². The highest BCUT2D eigenvalue weighted by Crippen LogP contribution is 2.44. The van der Waals surface area contributed by atoms with Crippen molar-refractivity contribution in [2.45, 2.75) is 37.8 Å². The van der Waals surface area contributed by atoms with E-state index in [9.17, 15) is 14.4 Å². The molecule has 1 spiro atoms. The molecule has 0 unspecified atom stereocenters. The Labute approximate surface area is 292 Å². The Morgan fingerprint density at radius 2 is 1.86 bits per heavy atom. The minimum atomic E-state index is -0.888. The fraction of sp³-hybridized carbons (Fsp3) is 0.297. The second-order valence-electron chi connectivity index (χ2n) is 12.9. The molecule has 6 heterocycles. The van der Waals surface area contributed by atoms with Crippen LogP contribution in [0.1, 0.15) is 47.3 Å². The number of rotatable bonds is 7. The van der Waals surface area contributed by atoms with Crippen LogP contribution < -0.4 is 10.1 Å². The number of hydrogen-bond acceptors (Lipinski definition) is 8. The second kappa shape index (κ2) is 13.0. The number of aryl methyl sites for hydroxylation is 1. The lowest BCUT2D eigenvalue weighted by Gasteiger charge is -2.43. The number of pyridine rings is 1. The number of ether oxygens (including phenoxy) is 2. The molecule has 13 nitrogen and oxygen atoms in total. The SMILES string of the molecule is COc1ccccc1-c1cc(C2=CCCN(C(=O)CCn3ccnn3)C2)c(F)c2[nH]c(C(=O)N3CCC4(CC3)OC(=O)Nc3ncccc34)cc12. The number of methoxy groups -OCH3 is 1. The Bertz CT molecular complexity index is 2190. The molecule has 2 aromatic carbocycles. The molecule has 260 valence electrons. The molecule has 0 atom stereocenters. The van der Waals surface area contributed by atoms with Crippen molar-refractivity contribution in [3.8, 4) is 16.9 Å². The Morgan fingerprint density at radius 3 is 2.67 bits per heavy atom. The molecule has 14 heteroatoms. The molecule has 0 bridgehead atoms. The molecular weight excluding hydrogens is 655 g/mol. The molecule has 8 rings (SSSR count). The number of para-hydroxylation sites is 1. The van der Waals surface area contributed by atoms with E-state index in [1.807, 2.05) is 36.4 Å². The summed E-state index contributed by atoms with van der Waals surface area (Å²) in [6.07, 6.45) is 7.87. The number of nitrogens with one attached hydrogen (secondary N) is 2. The Hall–Kier alpha value is -6.05. The molecule has 1 saturated heterocycles. The standard InChI is InChI=1S/C37H35FN8O5/c1-50-30-9-3-2-7-24(30)26-20-25(23-6-5-15-45(22-23)31(47)10-16-46-19-14-40-43-46)32(38)33-27(26)21-29(41-33)35(48)44-17-11-37(12-18-44)28-8-4-13-39-34(28)42-36(49)51-37/h2-4,6-9,13-14,19-21,41H,5,10-12,15-18,22H2,1H3,(H,39,42,49). The summed E-state index contributed by atoms with van der Waals surface area (Å²) >= 11 is 0. The lowest BCUT2D eigenvalue weighted by atomic mass is 9.83. The number of halogens is 1. The largest absolute Gasteiger partial charge is 0.496 e. The van der Waals surface area contributed by atoms with Crippen molar-refractivity contribution in [3.63, 3.8) is 0 Å². The van der Waals surface area contributed by atoms with E-state index >= 15 is 4.39 Å². The maximum absolute atomic E-state index is 16.7. The summed E-state index contributed by atoms with van der Waals surface area (Å²) in [5.41, 5.74) is 2.77. The van der Waals surface area contributed by atoms with Crippen molar-refractivity contribution >= 4 is 40.2 Å². The monoisotopic (exact) mass is 690 g/mol. The molecule has 3 aliphatic heterocycles. The highest BCUT2D eigenvalue weighted by Gasteiger charge is 2.46. The van der Waals surface area contributed by atoms with Gasteiger partial charge in [0, 0.05) is 79.9 Å². The van der Waals surface area contributed by atoms with Crippen molar-refractivity contribution in [1.29, 1.82) is 0 Å². The number of carbonyl (C=O) groups is 3. The van der Waals surface area contributed by atoms with Gasteiger partial charge in [-0.15, -0.1) is 5.10 Å². The van der Waals surface area contributed by atoms with E-state index < -0.39 is 17.5 Å². The molecule has 0 saturated carbocycles. The zero-order chi connectivity index (χ0) is 35.1. The van der Waals surface area contributed by atoms with Gasteiger partial charge in [-0.3, -0.25) is 19.6 Å². The number of anilines is 1. The third kappa shape index (κ3) is 5.85. The number of H-pyrrole nitrogens is 1. The van der Waals surface area contributed by atoms with Crippen molar-refractivity contribution in [1.82, 2.24) is 34.8 Å². The smallest absolute Gasteiger partial charge is 0.413 e. The number of hydrogen-bond donors (Lipinski definition) is 2. The second-order valence-corrected chi connectivity index (χ2v) is 12.9. The van der Waals surface area contributed by atoms with E-state index in [1.165, 1.54) is 0 Å². The third-order valence-corrected chi connectivity index (χ3v) is 10.0. The normalized spacial score (nSPS) is 16.7. The van der Waals surface area contributed by atoms with Gasteiger partial charge >= 0.3 is 6.09 Å². The zero-order valence-electron chi connectivity index (χ0n) is 27.9. The van der Waals surface area contributed by atoms with Crippen molar-refractivity contribution in [3.05, 3.63) is 95.8 Å². The minimum Gasteiger partial charge on any atom is -0.496 e. The van der Waals surface area contributed by atoms with E-state index in [-0.39, 0.29) is 36.0 Å². The van der Waals surface area contributed by atoms with Crippen LogP contribution in [0.25, 0.3) is 27.6 Å². The fourth-order valence-corrected chi connectivity index (χ4v) is 7.41. The molecule has 0 radical (unpaired) electrons. The van der Waals surface area contributed by atoms with Gasteiger partial charge < -0.3 is 24.3 Å². The van der Waals surface area contributed by atoms with Crippen molar-refractivity contribution in [2.24, 2.45) is 0 Å². The lowest BCUT2D eigenvalue weighted by Crippen LogP contribution is -2.50. The lowest BCUT2D eigenvalue weighted by molar-refractivity contribution is -0.131. The molecule has 3 aliphatic rings. The van der Waals surface area contributed by atoms with Gasteiger partial charge in [-0.05, 0) is 47.9 Å². The molecular formula is C37H35FN8O5. The van der Waals surface area contributed by atoms with Gasteiger partial charge in [0.2, 0.25) is 5.91 Å². The first-order valence-corrected chi connectivity index (χ1v) is 16.9. The molecule has 5 aromatic rings. The van der Waals surface area contributed by atoms with Crippen LogP contribution in [0.5, 0.6) is 5.75 Å². The topological polar surface area (TPSA) is 148 Å². The van der Waals surface area contributed by atoms with E-state index in [0.717, 1.165) is 11.1 Å². The zero-order valence-corrected chi connectivity index (χ0v) is 27.9.